The number of ether oxygens (including phenoxy) is 3. The van der Waals surface area contributed by atoms with Crippen molar-refractivity contribution in [2.75, 3.05) is 20.3 Å². The Labute approximate surface area is 164 Å². The summed E-state index contributed by atoms with van der Waals surface area (Å²) < 4.78 is 15.4. The number of hydrogen-bond donors (Lipinski definition) is 2. The fraction of sp³-hybridized carbons (Fsp3) is 0.550. The Kier molecular flexibility index (Phi) is 9.10. The number of carbonyl (C=O) groups is 3. The van der Waals surface area contributed by atoms with Crippen LogP contribution in [0, 0.1) is 0 Å². The van der Waals surface area contributed by atoms with Crippen LogP contribution in [-0.4, -0.2) is 44.3 Å². The molecule has 1 aromatic rings. The monoisotopic (exact) mass is 392 g/mol. The number of imide groups is 1. The zero-order valence-corrected chi connectivity index (χ0v) is 16.2. The molecule has 0 aliphatic heterocycles. The maximum absolute atomic E-state index is 11.7. The summed E-state index contributed by atoms with van der Waals surface area (Å²) in [5, 5.41) is 4.95. The minimum absolute atomic E-state index is 0.106. The molecule has 0 saturated heterocycles. The van der Waals surface area contributed by atoms with E-state index in [1.807, 2.05) is 0 Å². The van der Waals surface area contributed by atoms with Crippen LogP contribution in [0.3, 0.4) is 0 Å². The Morgan fingerprint density at radius 2 is 1.71 bits per heavy atom. The highest BCUT2D eigenvalue weighted by Gasteiger charge is 2.17. The van der Waals surface area contributed by atoms with Crippen LogP contribution in [0.2, 0.25) is 0 Å². The summed E-state index contributed by atoms with van der Waals surface area (Å²) in [4.78, 5) is 35.1. The Hall–Kier alpha value is -2.77. The normalized spacial score (nSPS) is 14.0. The molecule has 3 amide bonds. The first-order valence-electron chi connectivity index (χ1n) is 9.59. The fourth-order valence-electron chi connectivity index (χ4n) is 2.93. The summed E-state index contributed by atoms with van der Waals surface area (Å²) in [7, 11) is 1.59. The van der Waals surface area contributed by atoms with Gasteiger partial charge in [0.15, 0.2) is 6.61 Å². The number of amides is 3. The highest BCUT2D eigenvalue weighted by Crippen LogP contribution is 2.18. The number of hydrogen-bond acceptors (Lipinski definition) is 6. The van der Waals surface area contributed by atoms with Gasteiger partial charge in [-0.25, -0.2) is 4.79 Å². The second-order valence-corrected chi connectivity index (χ2v) is 6.64. The van der Waals surface area contributed by atoms with Gasteiger partial charge in [-0.3, -0.25) is 14.9 Å². The number of urea groups is 1. The summed E-state index contributed by atoms with van der Waals surface area (Å²) in [5.41, 5.74) is 0. The second kappa shape index (κ2) is 11.8. The number of esters is 1. The molecule has 1 aliphatic carbocycles. The molecule has 28 heavy (non-hydrogen) atoms. The van der Waals surface area contributed by atoms with Gasteiger partial charge in [0.25, 0.3) is 5.91 Å². The lowest BCUT2D eigenvalue weighted by Crippen LogP contribution is -2.46. The van der Waals surface area contributed by atoms with Crippen molar-refractivity contribution in [2.24, 2.45) is 0 Å². The standard InChI is InChI=1S/C20H28N2O6/c1-26-16-9-11-17(12-10-16)27-13-5-8-19(24)28-14-18(23)22-20(25)21-15-6-3-2-4-7-15/h9-12,15H,2-8,13-14H2,1H3,(H2,21,22,23,25). The van der Waals surface area contributed by atoms with Crippen molar-refractivity contribution in [1.82, 2.24) is 10.6 Å². The van der Waals surface area contributed by atoms with Gasteiger partial charge in [0.2, 0.25) is 0 Å². The first-order chi connectivity index (χ1) is 13.6. The number of benzene rings is 1. The number of nitrogens with one attached hydrogen (secondary N) is 2. The van der Waals surface area contributed by atoms with E-state index in [1.54, 1.807) is 31.4 Å². The molecule has 0 atom stereocenters. The van der Waals surface area contributed by atoms with Gasteiger partial charge < -0.3 is 19.5 Å². The van der Waals surface area contributed by atoms with E-state index in [4.69, 9.17) is 14.2 Å². The van der Waals surface area contributed by atoms with E-state index in [1.165, 1.54) is 6.42 Å². The van der Waals surface area contributed by atoms with Crippen molar-refractivity contribution in [3.63, 3.8) is 0 Å². The molecule has 8 nitrogen and oxygen atoms in total. The number of carbonyl (C=O) groups excluding carboxylic acids is 3. The molecule has 0 radical (unpaired) electrons. The van der Waals surface area contributed by atoms with Gasteiger partial charge >= 0.3 is 12.0 Å². The molecular formula is C20H28N2O6. The summed E-state index contributed by atoms with van der Waals surface area (Å²) in [6, 6.07) is 6.69. The van der Waals surface area contributed by atoms with Gasteiger partial charge in [0, 0.05) is 12.5 Å². The number of rotatable bonds is 9. The third-order valence-electron chi connectivity index (χ3n) is 4.41. The first-order valence-corrected chi connectivity index (χ1v) is 9.59. The summed E-state index contributed by atoms with van der Waals surface area (Å²) >= 11 is 0. The van der Waals surface area contributed by atoms with Crippen molar-refractivity contribution >= 4 is 17.9 Å². The Morgan fingerprint density at radius 1 is 1.04 bits per heavy atom. The van der Waals surface area contributed by atoms with Crippen LogP contribution < -0.4 is 20.1 Å². The SMILES string of the molecule is COc1ccc(OCCCC(=O)OCC(=O)NC(=O)NC2CCCCC2)cc1. The molecule has 2 N–H and O–H groups in total. The van der Waals surface area contributed by atoms with Gasteiger partial charge in [-0.1, -0.05) is 19.3 Å². The Bertz CT molecular complexity index is 641. The van der Waals surface area contributed by atoms with Crippen molar-refractivity contribution < 1.29 is 28.6 Å². The molecular weight excluding hydrogens is 364 g/mol. The zero-order valence-electron chi connectivity index (χ0n) is 16.2. The smallest absolute Gasteiger partial charge is 0.321 e. The molecule has 0 spiro atoms. The second-order valence-electron chi connectivity index (χ2n) is 6.64. The van der Waals surface area contributed by atoms with Crippen LogP contribution in [0.1, 0.15) is 44.9 Å². The molecule has 8 heteroatoms. The maximum Gasteiger partial charge on any atom is 0.321 e. The van der Waals surface area contributed by atoms with Crippen LogP contribution in [0.4, 0.5) is 4.79 Å². The van der Waals surface area contributed by atoms with Gasteiger partial charge in [-0.2, -0.15) is 0 Å². The van der Waals surface area contributed by atoms with Gasteiger partial charge in [0.1, 0.15) is 11.5 Å². The van der Waals surface area contributed by atoms with E-state index in [0.29, 0.717) is 18.8 Å². The third kappa shape index (κ3) is 8.28. The predicted molar refractivity (Wildman–Crippen MR) is 102 cm³/mol. The van der Waals surface area contributed by atoms with Crippen molar-refractivity contribution in [3.05, 3.63) is 24.3 Å². The summed E-state index contributed by atoms with van der Waals surface area (Å²) in [6.07, 6.45) is 5.77. The molecule has 0 bridgehead atoms. The molecule has 154 valence electrons. The van der Waals surface area contributed by atoms with Crippen molar-refractivity contribution in [2.45, 2.75) is 51.0 Å². The van der Waals surface area contributed by atoms with Crippen LogP contribution in [0.25, 0.3) is 0 Å². The molecule has 1 fully saturated rings. The lowest BCUT2D eigenvalue weighted by molar-refractivity contribution is -0.148. The van der Waals surface area contributed by atoms with E-state index >= 15 is 0 Å². The lowest BCUT2D eigenvalue weighted by Gasteiger charge is -2.22. The van der Waals surface area contributed by atoms with E-state index < -0.39 is 24.5 Å². The Morgan fingerprint density at radius 3 is 2.39 bits per heavy atom. The average molecular weight is 392 g/mol. The van der Waals surface area contributed by atoms with Crippen LogP contribution in [-0.2, 0) is 14.3 Å². The molecule has 0 unspecified atom stereocenters. The fourth-order valence-corrected chi connectivity index (χ4v) is 2.93. The summed E-state index contributed by atoms with van der Waals surface area (Å²) in [6.45, 7) is -0.131. The predicted octanol–water partition coefficient (Wildman–Crippen LogP) is 2.56. The van der Waals surface area contributed by atoms with Crippen molar-refractivity contribution in [1.29, 1.82) is 0 Å². The molecule has 0 heterocycles. The van der Waals surface area contributed by atoms with E-state index in [0.717, 1.165) is 31.4 Å². The summed E-state index contributed by atoms with van der Waals surface area (Å²) in [5.74, 6) is 0.261. The number of methoxy groups -OCH3 is 1. The molecule has 2 rings (SSSR count). The minimum atomic E-state index is -0.642. The highest BCUT2D eigenvalue weighted by molar-refractivity contribution is 5.95. The van der Waals surface area contributed by atoms with Gasteiger partial charge in [0.05, 0.1) is 13.7 Å². The Balaban J connectivity index is 1.53. The third-order valence-corrected chi connectivity index (χ3v) is 4.41. The average Bonchev–Trinajstić information content (AvgIpc) is 2.70. The molecule has 1 saturated carbocycles. The first kappa shape index (κ1) is 21.5. The van der Waals surface area contributed by atoms with Crippen molar-refractivity contribution in [3.8, 4) is 11.5 Å². The molecule has 1 aliphatic rings. The van der Waals surface area contributed by atoms with Gasteiger partial charge in [-0.05, 0) is 43.5 Å². The minimum Gasteiger partial charge on any atom is -0.497 e. The van der Waals surface area contributed by atoms with Crippen LogP contribution >= 0.6 is 0 Å². The molecule has 1 aromatic carbocycles. The maximum atomic E-state index is 11.7. The largest absolute Gasteiger partial charge is 0.497 e. The lowest BCUT2D eigenvalue weighted by atomic mass is 9.96. The van der Waals surface area contributed by atoms with E-state index in [9.17, 15) is 14.4 Å². The van der Waals surface area contributed by atoms with Crippen LogP contribution in [0.5, 0.6) is 11.5 Å². The highest BCUT2D eigenvalue weighted by atomic mass is 16.5. The van der Waals surface area contributed by atoms with Gasteiger partial charge in [-0.15, -0.1) is 0 Å². The van der Waals surface area contributed by atoms with Crippen LogP contribution in [0.15, 0.2) is 24.3 Å². The quantitative estimate of drug-likeness (QED) is 0.495. The zero-order chi connectivity index (χ0) is 20.2. The van der Waals surface area contributed by atoms with E-state index in [-0.39, 0.29) is 12.5 Å². The van der Waals surface area contributed by atoms with E-state index in [2.05, 4.69) is 10.6 Å². The topological polar surface area (TPSA) is 103 Å². The molecule has 0 aromatic heterocycles.